The van der Waals surface area contributed by atoms with Gasteiger partial charge in [-0.3, -0.25) is 37.3 Å². The van der Waals surface area contributed by atoms with Gasteiger partial charge in [0, 0.05) is 25.7 Å². The summed E-state index contributed by atoms with van der Waals surface area (Å²) in [6, 6.07) is 0. The summed E-state index contributed by atoms with van der Waals surface area (Å²) in [5, 5.41) is 10.6. The number of aliphatic hydroxyl groups excluding tert-OH is 1. The van der Waals surface area contributed by atoms with Crippen LogP contribution in [0.2, 0.25) is 0 Å². The van der Waals surface area contributed by atoms with E-state index in [1.807, 2.05) is 0 Å². The Labute approximate surface area is 594 Å². The summed E-state index contributed by atoms with van der Waals surface area (Å²) in [6.45, 7) is 7.32. The molecule has 576 valence electrons. The van der Waals surface area contributed by atoms with E-state index in [1.54, 1.807) is 0 Å². The van der Waals surface area contributed by atoms with Gasteiger partial charge in [-0.25, -0.2) is 9.13 Å². The Morgan fingerprint density at radius 1 is 0.278 bits per heavy atom. The third kappa shape index (κ3) is 72.2. The molecule has 0 aliphatic rings. The molecule has 0 fully saturated rings. The normalized spacial score (nSPS) is 13.9. The molecule has 97 heavy (non-hydrogen) atoms. The molecule has 19 heteroatoms. The summed E-state index contributed by atoms with van der Waals surface area (Å²) in [4.78, 5) is 72.9. The number of unbranched alkanes of at least 4 members (excludes halogenated alkanes) is 50. The van der Waals surface area contributed by atoms with E-state index in [1.165, 1.54) is 238 Å². The van der Waals surface area contributed by atoms with Crippen molar-refractivity contribution in [3.8, 4) is 0 Å². The third-order valence-electron chi connectivity index (χ3n) is 18.3. The number of rotatable bonds is 78. The maximum atomic E-state index is 13.1. The number of aliphatic hydroxyl groups is 1. The molecule has 0 aliphatic heterocycles. The highest BCUT2D eigenvalue weighted by molar-refractivity contribution is 7.47. The van der Waals surface area contributed by atoms with Crippen LogP contribution >= 0.6 is 15.6 Å². The number of hydrogen-bond acceptors (Lipinski definition) is 15. The highest BCUT2D eigenvalue weighted by Gasteiger charge is 2.30. The van der Waals surface area contributed by atoms with Crippen LogP contribution in [0.1, 0.15) is 413 Å². The van der Waals surface area contributed by atoms with E-state index in [4.69, 9.17) is 37.0 Å². The van der Waals surface area contributed by atoms with E-state index < -0.39 is 97.5 Å². The number of phosphoric acid groups is 2. The van der Waals surface area contributed by atoms with E-state index in [-0.39, 0.29) is 25.7 Å². The molecule has 0 radical (unpaired) electrons. The fourth-order valence-corrected chi connectivity index (χ4v) is 13.6. The number of carbonyl (C=O) groups excluding carboxylic acids is 4. The van der Waals surface area contributed by atoms with Crippen LogP contribution in [0.25, 0.3) is 0 Å². The minimum atomic E-state index is -4.96. The molecule has 0 bridgehead atoms. The van der Waals surface area contributed by atoms with Crippen LogP contribution in [0, 0.1) is 5.92 Å². The van der Waals surface area contributed by atoms with Gasteiger partial charge < -0.3 is 33.8 Å². The smallest absolute Gasteiger partial charge is 0.462 e. The Balaban J connectivity index is 5.24. The maximum Gasteiger partial charge on any atom is 0.472 e. The average Bonchev–Trinajstić information content (AvgIpc) is 1.35. The van der Waals surface area contributed by atoms with Gasteiger partial charge in [0.1, 0.15) is 19.3 Å². The maximum absolute atomic E-state index is 13.1. The Kier molecular flexibility index (Phi) is 69.6. The lowest BCUT2D eigenvalue weighted by Crippen LogP contribution is -2.30. The van der Waals surface area contributed by atoms with E-state index in [0.29, 0.717) is 25.7 Å². The fourth-order valence-electron chi connectivity index (χ4n) is 12.1. The Hall–Kier alpha value is -1.94. The molecule has 0 spiro atoms. The van der Waals surface area contributed by atoms with Gasteiger partial charge >= 0.3 is 39.5 Å². The SMILES string of the molecule is CCCCCCCCCCCCCCCCCCCCCC(=O)O[C@H](COC(=O)CCCCCCCCCCCCCC(C)C)COP(=O)(O)OC[C@@H](O)COP(=O)(O)OC[C@@H](COC(=O)CCCCCCCCCCCCCC)OC(=O)CCCCCCCCCCCCCC. The monoisotopic (exact) mass is 1420 g/mol. The Morgan fingerprint density at radius 3 is 0.701 bits per heavy atom. The molecule has 0 aromatic carbocycles. The van der Waals surface area contributed by atoms with Crippen molar-refractivity contribution < 1.29 is 80.2 Å². The van der Waals surface area contributed by atoms with Gasteiger partial charge in [0.25, 0.3) is 0 Å². The van der Waals surface area contributed by atoms with E-state index in [0.717, 1.165) is 95.8 Å². The molecular formula is C78H152O17P2. The standard InChI is InChI=1S/C78H152O17P2/c1-6-9-12-15-18-21-24-27-28-29-30-31-32-33-38-44-49-54-59-64-78(83)95-74(68-89-76(81)62-57-52-47-42-39-34-35-40-45-50-55-60-71(4)5)70-93-97(86,87)91-66-72(79)65-90-96(84,85)92-69-73(94-77(82)63-58-53-48-43-37-26-23-20-17-14-11-8-3)67-88-75(80)61-56-51-46-41-36-25-22-19-16-13-10-7-2/h71-74,79H,6-70H2,1-5H3,(H,84,85)(H,86,87)/t72-,73+,74+/m0/s1. The average molecular weight is 1420 g/mol. The molecule has 0 heterocycles. The van der Waals surface area contributed by atoms with Gasteiger partial charge in [0.15, 0.2) is 12.2 Å². The van der Waals surface area contributed by atoms with Crippen molar-refractivity contribution in [1.29, 1.82) is 0 Å². The molecule has 0 rings (SSSR count). The molecule has 3 N–H and O–H groups in total. The second-order valence-electron chi connectivity index (χ2n) is 28.6. The van der Waals surface area contributed by atoms with Crippen LogP contribution in [0.15, 0.2) is 0 Å². The zero-order valence-corrected chi connectivity index (χ0v) is 65.0. The molecule has 0 saturated heterocycles. The van der Waals surface area contributed by atoms with Gasteiger partial charge in [-0.15, -0.1) is 0 Å². The highest BCUT2D eigenvalue weighted by atomic mass is 31.2. The van der Waals surface area contributed by atoms with E-state index >= 15 is 0 Å². The van der Waals surface area contributed by atoms with Crippen LogP contribution in [0.5, 0.6) is 0 Å². The van der Waals surface area contributed by atoms with Crippen molar-refractivity contribution in [2.24, 2.45) is 5.92 Å². The number of carbonyl (C=O) groups is 4. The zero-order chi connectivity index (χ0) is 71.2. The van der Waals surface area contributed by atoms with Gasteiger partial charge in [0.05, 0.1) is 26.4 Å². The van der Waals surface area contributed by atoms with E-state index in [2.05, 4.69) is 34.6 Å². The first-order valence-corrected chi connectivity index (χ1v) is 43.6. The minimum absolute atomic E-state index is 0.108. The Morgan fingerprint density at radius 2 is 0.474 bits per heavy atom. The van der Waals surface area contributed by atoms with Crippen LogP contribution in [-0.2, 0) is 65.4 Å². The van der Waals surface area contributed by atoms with Gasteiger partial charge in [0.2, 0.25) is 0 Å². The summed E-state index contributed by atoms with van der Waals surface area (Å²) in [5.74, 6) is -1.34. The predicted octanol–water partition coefficient (Wildman–Crippen LogP) is 23.3. The van der Waals surface area contributed by atoms with Crippen molar-refractivity contribution in [2.45, 2.75) is 432 Å². The summed E-state index contributed by atoms with van der Waals surface area (Å²) >= 11 is 0. The predicted molar refractivity (Wildman–Crippen MR) is 395 cm³/mol. The molecule has 2 unspecified atom stereocenters. The summed E-state index contributed by atoms with van der Waals surface area (Å²) in [6.07, 6.45) is 60.9. The lowest BCUT2D eigenvalue weighted by atomic mass is 10.0. The number of ether oxygens (including phenoxy) is 4. The second-order valence-corrected chi connectivity index (χ2v) is 31.5. The largest absolute Gasteiger partial charge is 0.472 e. The molecule has 0 amide bonds. The van der Waals surface area contributed by atoms with Crippen molar-refractivity contribution in [1.82, 2.24) is 0 Å². The third-order valence-corrected chi connectivity index (χ3v) is 20.2. The first-order chi connectivity index (χ1) is 47.0. The van der Waals surface area contributed by atoms with Crippen molar-refractivity contribution in [3.63, 3.8) is 0 Å². The van der Waals surface area contributed by atoms with Crippen LogP contribution in [-0.4, -0.2) is 96.7 Å². The highest BCUT2D eigenvalue weighted by Crippen LogP contribution is 2.45. The molecule has 5 atom stereocenters. The van der Waals surface area contributed by atoms with Gasteiger partial charge in [-0.2, -0.15) is 0 Å². The van der Waals surface area contributed by atoms with Crippen molar-refractivity contribution in [3.05, 3.63) is 0 Å². The minimum Gasteiger partial charge on any atom is -0.462 e. The van der Waals surface area contributed by atoms with Gasteiger partial charge in [-0.1, -0.05) is 362 Å². The lowest BCUT2D eigenvalue weighted by molar-refractivity contribution is -0.161. The van der Waals surface area contributed by atoms with Crippen molar-refractivity contribution in [2.75, 3.05) is 39.6 Å². The topological polar surface area (TPSA) is 237 Å². The molecule has 17 nitrogen and oxygen atoms in total. The fraction of sp³-hybridized carbons (Fsp3) is 0.949. The van der Waals surface area contributed by atoms with Crippen LogP contribution in [0.3, 0.4) is 0 Å². The first kappa shape index (κ1) is 95.1. The molecule has 0 saturated carbocycles. The van der Waals surface area contributed by atoms with Gasteiger partial charge in [-0.05, 0) is 31.6 Å². The van der Waals surface area contributed by atoms with Crippen LogP contribution in [0.4, 0.5) is 0 Å². The number of hydrogen-bond donors (Lipinski definition) is 3. The lowest BCUT2D eigenvalue weighted by Gasteiger charge is -2.21. The molecule has 0 aromatic heterocycles. The van der Waals surface area contributed by atoms with E-state index in [9.17, 15) is 43.2 Å². The second kappa shape index (κ2) is 71.1. The molecule has 0 aromatic rings. The summed E-state index contributed by atoms with van der Waals surface area (Å²) < 4.78 is 68.6. The first-order valence-electron chi connectivity index (χ1n) is 40.6. The number of esters is 4. The summed E-state index contributed by atoms with van der Waals surface area (Å²) in [7, 11) is -9.91. The summed E-state index contributed by atoms with van der Waals surface area (Å²) in [5.41, 5.74) is 0. The Bertz CT molecular complexity index is 1860. The molecular weight excluding hydrogens is 1270 g/mol. The quantitative estimate of drug-likeness (QED) is 0.0222. The zero-order valence-electron chi connectivity index (χ0n) is 63.2. The number of phosphoric ester groups is 2. The van der Waals surface area contributed by atoms with Crippen molar-refractivity contribution >= 4 is 39.5 Å². The molecule has 0 aliphatic carbocycles. The van der Waals surface area contributed by atoms with Crippen LogP contribution < -0.4 is 0 Å².